The number of fused-ring (bicyclic) bond motifs is 1. The lowest BCUT2D eigenvalue weighted by atomic mass is 10.0. The molecule has 1 aliphatic rings. The third-order valence-electron chi connectivity index (χ3n) is 5.89. The zero-order valence-electron chi connectivity index (χ0n) is 17.8. The molecule has 0 unspecified atom stereocenters. The molecule has 162 valence electrons. The maximum absolute atomic E-state index is 13.3. The Morgan fingerprint density at radius 1 is 1.10 bits per heavy atom. The van der Waals surface area contributed by atoms with Gasteiger partial charge < -0.3 is 15.1 Å². The highest BCUT2D eigenvalue weighted by atomic mass is 32.2. The summed E-state index contributed by atoms with van der Waals surface area (Å²) in [5.41, 5.74) is 8.40. The molecule has 2 amide bonds. The van der Waals surface area contributed by atoms with Crippen molar-refractivity contribution in [1.82, 2.24) is 4.90 Å². The Labute approximate surface area is 187 Å². The number of carbonyl (C=O) groups excluding carboxylic acids is 2. The molecule has 1 aliphatic carbocycles. The minimum Gasteiger partial charge on any atom is -0.451 e. The van der Waals surface area contributed by atoms with Crippen molar-refractivity contribution in [3.63, 3.8) is 0 Å². The van der Waals surface area contributed by atoms with Gasteiger partial charge >= 0.3 is 0 Å². The van der Waals surface area contributed by atoms with E-state index >= 15 is 0 Å². The predicted molar refractivity (Wildman–Crippen MR) is 125 cm³/mol. The van der Waals surface area contributed by atoms with Gasteiger partial charge in [0.15, 0.2) is 5.76 Å². The van der Waals surface area contributed by atoms with Gasteiger partial charge in [0.25, 0.3) is 5.91 Å². The monoisotopic (exact) mass is 436 g/mol. The fourth-order valence-corrected chi connectivity index (χ4v) is 5.55. The molecular weight excluding hydrogens is 408 g/mol. The summed E-state index contributed by atoms with van der Waals surface area (Å²) in [6.07, 6.45) is 6.42. The third-order valence-corrected chi connectivity index (χ3v) is 7.28. The Kier molecular flexibility index (Phi) is 6.66. The molecule has 0 atom stereocenters. The van der Waals surface area contributed by atoms with Gasteiger partial charge in [0.1, 0.15) is 5.58 Å². The SMILES string of the molecule is CN(Cc1cccc(C(N)=O)c1)C(=O)c1oc2ccccc2c1CSC1CCCCC1. The van der Waals surface area contributed by atoms with Crippen LogP contribution in [-0.2, 0) is 12.3 Å². The normalized spacial score (nSPS) is 14.6. The number of hydrogen-bond acceptors (Lipinski definition) is 4. The zero-order chi connectivity index (χ0) is 21.8. The van der Waals surface area contributed by atoms with Crippen LogP contribution in [0.1, 0.15) is 64.1 Å². The number of furan rings is 1. The molecular formula is C25H28N2O3S. The molecule has 3 aromatic rings. The van der Waals surface area contributed by atoms with E-state index in [1.165, 1.54) is 32.1 Å². The molecule has 1 fully saturated rings. The van der Waals surface area contributed by atoms with E-state index in [1.54, 1.807) is 30.1 Å². The Bertz CT molecular complexity index is 1090. The Hall–Kier alpha value is -2.73. The number of benzene rings is 2. The summed E-state index contributed by atoms with van der Waals surface area (Å²) in [5, 5.41) is 1.66. The highest BCUT2D eigenvalue weighted by molar-refractivity contribution is 7.99. The van der Waals surface area contributed by atoms with E-state index in [-0.39, 0.29) is 5.91 Å². The Morgan fingerprint density at radius 3 is 2.65 bits per heavy atom. The Morgan fingerprint density at radius 2 is 1.87 bits per heavy atom. The van der Waals surface area contributed by atoms with Gasteiger partial charge in [-0.2, -0.15) is 11.8 Å². The summed E-state index contributed by atoms with van der Waals surface area (Å²) in [5.74, 6) is 0.557. The number of hydrogen-bond donors (Lipinski definition) is 1. The van der Waals surface area contributed by atoms with Crippen molar-refractivity contribution in [2.24, 2.45) is 5.73 Å². The number of para-hydroxylation sites is 1. The van der Waals surface area contributed by atoms with Crippen molar-refractivity contribution in [2.45, 2.75) is 49.7 Å². The molecule has 2 aromatic carbocycles. The van der Waals surface area contributed by atoms with Gasteiger partial charge in [0, 0.05) is 41.1 Å². The number of nitrogens with two attached hydrogens (primary N) is 1. The van der Waals surface area contributed by atoms with Crippen molar-refractivity contribution >= 4 is 34.5 Å². The number of nitrogens with zero attached hydrogens (tertiary/aromatic N) is 1. The summed E-state index contributed by atoms with van der Waals surface area (Å²) in [6, 6.07) is 14.9. The van der Waals surface area contributed by atoms with Crippen LogP contribution < -0.4 is 5.73 Å². The molecule has 0 bridgehead atoms. The second kappa shape index (κ2) is 9.60. The van der Waals surface area contributed by atoms with Crippen LogP contribution in [0, 0.1) is 0 Å². The first kappa shape index (κ1) is 21.5. The molecule has 0 aliphatic heterocycles. The second-order valence-corrected chi connectivity index (χ2v) is 9.49. The van der Waals surface area contributed by atoms with E-state index in [4.69, 9.17) is 10.2 Å². The molecule has 31 heavy (non-hydrogen) atoms. The number of carbonyl (C=O) groups is 2. The fraction of sp³-hybridized carbons (Fsp3) is 0.360. The minimum absolute atomic E-state index is 0.153. The van der Waals surface area contributed by atoms with Gasteiger partial charge in [-0.1, -0.05) is 49.6 Å². The van der Waals surface area contributed by atoms with Gasteiger partial charge in [-0.25, -0.2) is 0 Å². The van der Waals surface area contributed by atoms with Crippen LogP contribution in [0.25, 0.3) is 11.0 Å². The minimum atomic E-state index is -0.477. The molecule has 1 heterocycles. The van der Waals surface area contributed by atoms with Crippen LogP contribution >= 0.6 is 11.8 Å². The van der Waals surface area contributed by atoms with E-state index in [0.717, 1.165) is 27.8 Å². The number of thioether (sulfide) groups is 1. The van der Waals surface area contributed by atoms with Crippen LogP contribution in [0.15, 0.2) is 52.9 Å². The molecule has 6 heteroatoms. The average Bonchev–Trinajstić information content (AvgIpc) is 3.16. The molecule has 0 saturated heterocycles. The van der Waals surface area contributed by atoms with Gasteiger partial charge in [0.05, 0.1) is 0 Å². The van der Waals surface area contributed by atoms with E-state index < -0.39 is 5.91 Å². The first-order valence-corrected chi connectivity index (χ1v) is 11.8. The van der Waals surface area contributed by atoms with Gasteiger partial charge in [0.2, 0.25) is 5.91 Å². The third kappa shape index (κ3) is 4.96. The lowest BCUT2D eigenvalue weighted by molar-refractivity contribution is 0.0754. The highest BCUT2D eigenvalue weighted by Crippen LogP contribution is 2.35. The zero-order valence-corrected chi connectivity index (χ0v) is 18.6. The van der Waals surface area contributed by atoms with Crippen molar-refractivity contribution in [2.75, 3.05) is 7.05 Å². The molecule has 2 N–H and O–H groups in total. The van der Waals surface area contributed by atoms with Crippen molar-refractivity contribution < 1.29 is 14.0 Å². The van der Waals surface area contributed by atoms with Crippen molar-refractivity contribution in [3.05, 3.63) is 71.0 Å². The quantitative estimate of drug-likeness (QED) is 0.540. The summed E-state index contributed by atoms with van der Waals surface area (Å²) in [7, 11) is 1.75. The Balaban J connectivity index is 1.56. The lowest BCUT2D eigenvalue weighted by Gasteiger charge is -2.21. The molecule has 0 spiro atoms. The number of primary amides is 1. The predicted octanol–water partition coefficient (Wildman–Crippen LogP) is 5.37. The average molecular weight is 437 g/mol. The summed E-state index contributed by atoms with van der Waals surface area (Å²) < 4.78 is 6.04. The van der Waals surface area contributed by atoms with Crippen LogP contribution in [-0.4, -0.2) is 29.0 Å². The largest absolute Gasteiger partial charge is 0.451 e. The summed E-state index contributed by atoms with van der Waals surface area (Å²) in [6.45, 7) is 0.367. The van der Waals surface area contributed by atoms with E-state index in [9.17, 15) is 9.59 Å². The van der Waals surface area contributed by atoms with E-state index in [0.29, 0.717) is 23.1 Å². The first-order chi connectivity index (χ1) is 15.0. The maximum Gasteiger partial charge on any atom is 0.289 e. The second-order valence-electron chi connectivity index (χ2n) is 8.20. The van der Waals surface area contributed by atoms with Gasteiger partial charge in [-0.15, -0.1) is 0 Å². The fourth-order valence-electron chi connectivity index (χ4n) is 4.19. The topological polar surface area (TPSA) is 76.5 Å². The maximum atomic E-state index is 13.3. The highest BCUT2D eigenvalue weighted by Gasteiger charge is 2.25. The van der Waals surface area contributed by atoms with Crippen LogP contribution in [0.5, 0.6) is 0 Å². The standard InChI is InChI=1S/C25H28N2O3S/c1-27(15-17-8-7-9-18(14-17)24(26)28)25(29)23-21(16-31-19-10-3-2-4-11-19)20-12-5-6-13-22(20)30-23/h5-9,12-14,19H,2-4,10-11,15-16H2,1H3,(H2,26,28). The molecule has 1 saturated carbocycles. The van der Waals surface area contributed by atoms with Gasteiger partial charge in [-0.3, -0.25) is 9.59 Å². The van der Waals surface area contributed by atoms with Gasteiger partial charge in [-0.05, 0) is 36.6 Å². The summed E-state index contributed by atoms with van der Waals surface area (Å²) >= 11 is 1.94. The summed E-state index contributed by atoms with van der Waals surface area (Å²) in [4.78, 5) is 26.4. The first-order valence-electron chi connectivity index (χ1n) is 10.8. The van der Waals surface area contributed by atoms with E-state index in [1.807, 2.05) is 42.1 Å². The van der Waals surface area contributed by atoms with Crippen LogP contribution in [0.3, 0.4) is 0 Å². The lowest BCUT2D eigenvalue weighted by Crippen LogP contribution is -2.27. The van der Waals surface area contributed by atoms with Crippen molar-refractivity contribution in [1.29, 1.82) is 0 Å². The number of amides is 2. The smallest absolute Gasteiger partial charge is 0.289 e. The number of rotatable bonds is 7. The molecule has 5 nitrogen and oxygen atoms in total. The van der Waals surface area contributed by atoms with Crippen molar-refractivity contribution in [3.8, 4) is 0 Å². The van der Waals surface area contributed by atoms with E-state index in [2.05, 4.69) is 0 Å². The van der Waals surface area contributed by atoms with Crippen LogP contribution in [0.4, 0.5) is 0 Å². The molecule has 0 radical (unpaired) electrons. The molecule has 4 rings (SSSR count). The molecule has 1 aromatic heterocycles. The van der Waals surface area contributed by atoms with Crippen LogP contribution in [0.2, 0.25) is 0 Å².